The minimum atomic E-state index is -0.498. The zero-order valence-corrected chi connectivity index (χ0v) is 11.7. The van der Waals surface area contributed by atoms with Crippen LogP contribution in [-0.2, 0) is 9.47 Å². The average molecular weight is 249 g/mol. The maximum absolute atomic E-state index is 5.94. The van der Waals surface area contributed by atoms with Crippen molar-refractivity contribution >= 4 is 5.69 Å². The minimum absolute atomic E-state index is 0.146. The molecule has 0 aromatic heterocycles. The van der Waals surface area contributed by atoms with Crippen molar-refractivity contribution in [2.24, 2.45) is 0 Å². The molecule has 18 heavy (non-hydrogen) atoms. The lowest BCUT2D eigenvalue weighted by molar-refractivity contribution is -0.254. The largest absolute Gasteiger partial charge is 0.366 e. The first-order valence-electron chi connectivity index (χ1n) is 6.62. The summed E-state index contributed by atoms with van der Waals surface area (Å²) in [7, 11) is 0. The van der Waals surface area contributed by atoms with E-state index in [2.05, 4.69) is 43.0 Å². The van der Waals surface area contributed by atoms with Crippen LogP contribution in [0.3, 0.4) is 0 Å². The molecule has 1 aromatic carbocycles. The van der Waals surface area contributed by atoms with Crippen LogP contribution >= 0.6 is 0 Å². The maximum Gasteiger partial charge on any atom is 0.163 e. The number of para-hydroxylation sites is 1. The Morgan fingerprint density at radius 3 is 2.00 bits per heavy atom. The Bertz CT molecular complexity index is 361. The first-order chi connectivity index (χ1) is 8.46. The molecule has 100 valence electrons. The van der Waals surface area contributed by atoms with Crippen molar-refractivity contribution in [3.8, 4) is 0 Å². The summed E-state index contributed by atoms with van der Waals surface area (Å²) in [6.45, 7) is 9.94. The molecule has 0 amide bonds. The Hall–Kier alpha value is -1.06. The zero-order valence-electron chi connectivity index (χ0n) is 11.7. The maximum atomic E-state index is 5.94. The molecule has 1 aromatic rings. The second-order valence-electron chi connectivity index (χ2n) is 5.50. The molecule has 1 fully saturated rings. The first-order valence-corrected chi connectivity index (χ1v) is 6.62. The fourth-order valence-electron chi connectivity index (χ4n) is 2.62. The smallest absolute Gasteiger partial charge is 0.163 e. The highest BCUT2D eigenvalue weighted by Gasteiger charge is 2.29. The summed E-state index contributed by atoms with van der Waals surface area (Å²) in [6.07, 6.45) is 0.292. The monoisotopic (exact) mass is 249 g/mol. The Labute approximate surface area is 110 Å². The van der Waals surface area contributed by atoms with Crippen molar-refractivity contribution in [3.63, 3.8) is 0 Å². The van der Waals surface area contributed by atoms with Crippen molar-refractivity contribution in [2.45, 2.75) is 45.7 Å². The summed E-state index contributed by atoms with van der Waals surface area (Å²) >= 11 is 0. The second kappa shape index (κ2) is 5.29. The molecule has 0 saturated carbocycles. The molecule has 1 aliphatic rings. The van der Waals surface area contributed by atoms with Gasteiger partial charge in [0.2, 0.25) is 0 Å². The average Bonchev–Trinajstić information content (AvgIpc) is 2.26. The lowest BCUT2D eigenvalue weighted by Gasteiger charge is -2.40. The third-order valence-electron chi connectivity index (χ3n) is 3.05. The van der Waals surface area contributed by atoms with E-state index in [1.807, 2.05) is 19.9 Å². The van der Waals surface area contributed by atoms with Crippen LogP contribution in [0.5, 0.6) is 0 Å². The van der Waals surface area contributed by atoms with E-state index < -0.39 is 5.79 Å². The van der Waals surface area contributed by atoms with Gasteiger partial charge in [0.05, 0.1) is 12.2 Å². The second-order valence-corrected chi connectivity index (χ2v) is 5.50. The van der Waals surface area contributed by atoms with Crippen molar-refractivity contribution in [2.75, 3.05) is 18.0 Å². The molecule has 0 aliphatic carbocycles. The molecule has 1 saturated heterocycles. The minimum Gasteiger partial charge on any atom is -0.366 e. The topological polar surface area (TPSA) is 21.7 Å². The van der Waals surface area contributed by atoms with Crippen molar-refractivity contribution in [3.05, 3.63) is 30.3 Å². The zero-order chi connectivity index (χ0) is 13.2. The molecular weight excluding hydrogens is 226 g/mol. The molecule has 0 bridgehead atoms. The van der Waals surface area contributed by atoms with E-state index in [4.69, 9.17) is 9.47 Å². The van der Waals surface area contributed by atoms with Crippen LogP contribution in [0.15, 0.2) is 30.3 Å². The summed E-state index contributed by atoms with van der Waals surface area (Å²) < 4.78 is 11.9. The molecule has 0 N–H and O–H groups in total. The highest BCUT2D eigenvalue weighted by molar-refractivity contribution is 5.46. The molecule has 3 heteroatoms. The van der Waals surface area contributed by atoms with Crippen LogP contribution < -0.4 is 4.90 Å². The van der Waals surface area contributed by atoms with Crippen LogP contribution in [-0.4, -0.2) is 31.1 Å². The van der Waals surface area contributed by atoms with Crippen molar-refractivity contribution in [1.82, 2.24) is 0 Å². The van der Waals surface area contributed by atoms with Gasteiger partial charge in [-0.05, 0) is 39.8 Å². The number of rotatable bonds is 1. The van der Waals surface area contributed by atoms with Gasteiger partial charge in [-0.25, -0.2) is 0 Å². The Balaban J connectivity index is 2.14. The number of ether oxygens (including phenoxy) is 2. The summed E-state index contributed by atoms with van der Waals surface area (Å²) in [5, 5.41) is 0. The quantitative estimate of drug-likeness (QED) is 0.763. The molecule has 2 rings (SSSR count). The van der Waals surface area contributed by atoms with Crippen LogP contribution in [0.2, 0.25) is 0 Å². The number of hydrogen-bond donors (Lipinski definition) is 0. The fourth-order valence-corrected chi connectivity index (χ4v) is 2.62. The van der Waals surface area contributed by atoms with Gasteiger partial charge in [0.25, 0.3) is 0 Å². The normalized spacial score (nSPS) is 28.6. The van der Waals surface area contributed by atoms with E-state index in [1.165, 1.54) is 5.69 Å². The van der Waals surface area contributed by atoms with Gasteiger partial charge >= 0.3 is 0 Å². The third kappa shape index (κ3) is 3.47. The molecule has 0 spiro atoms. The van der Waals surface area contributed by atoms with Gasteiger partial charge in [0.15, 0.2) is 5.79 Å². The standard InChI is InChI=1S/C15H23NO2/c1-12-10-16(14-8-6-5-7-9-14)11-13(2)18-15(3,4)17-12/h5-9,12-13H,10-11H2,1-4H3. The molecule has 1 heterocycles. The van der Waals surface area contributed by atoms with Crippen molar-refractivity contribution < 1.29 is 9.47 Å². The molecule has 2 atom stereocenters. The van der Waals surface area contributed by atoms with Gasteiger partial charge < -0.3 is 14.4 Å². The summed E-state index contributed by atoms with van der Waals surface area (Å²) in [6, 6.07) is 10.4. The van der Waals surface area contributed by atoms with E-state index in [0.29, 0.717) is 0 Å². The molecule has 0 radical (unpaired) electrons. The van der Waals surface area contributed by atoms with Crippen molar-refractivity contribution in [1.29, 1.82) is 0 Å². The number of benzene rings is 1. The van der Waals surface area contributed by atoms with Gasteiger partial charge in [-0.3, -0.25) is 0 Å². The number of hydrogen-bond acceptors (Lipinski definition) is 3. The lowest BCUT2D eigenvalue weighted by Crippen LogP contribution is -2.48. The Morgan fingerprint density at radius 1 is 1.00 bits per heavy atom. The molecular formula is C15H23NO2. The van der Waals surface area contributed by atoms with Crippen LogP contribution in [0.1, 0.15) is 27.7 Å². The summed E-state index contributed by atoms with van der Waals surface area (Å²) in [5.74, 6) is -0.498. The van der Waals surface area contributed by atoms with Gasteiger partial charge in [0, 0.05) is 18.8 Å². The summed E-state index contributed by atoms with van der Waals surface area (Å²) in [4.78, 5) is 2.32. The van der Waals surface area contributed by atoms with Gasteiger partial charge in [-0.1, -0.05) is 18.2 Å². The van der Waals surface area contributed by atoms with E-state index in [-0.39, 0.29) is 12.2 Å². The van der Waals surface area contributed by atoms with Gasteiger partial charge in [-0.15, -0.1) is 0 Å². The fraction of sp³-hybridized carbons (Fsp3) is 0.600. The third-order valence-corrected chi connectivity index (χ3v) is 3.05. The van der Waals surface area contributed by atoms with Gasteiger partial charge in [-0.2, -0.15) is 0 Å². The van der Waals surface area contributed by atoms with E-state index in [1.54, 1.807) is 0 Å². The number of nitrogens with zero attached hydrogens (tertiary/aromatic N) is 1. The van der Waals surface area contributed by atoms with Gasteiger partial charge in [0.1, 0.15) is 0 Å². The van der Waals surface area contributed by atoms with E-state index >= 15 is 0 Å². The van der Waals surface area contributed by atoms with Crippen LogP contribution in [0, 0.1) is 0 Å². The Morgan fingerprint density at radius 2 is 1.50 bits per heavy atom. The highest BCUT2D eigenvalue weighted by atomic mass is 16.7. The predicted molar refractivity (Wildman–Crippen MR) is 73.8 cm³/mol. The lowest BCUT2D eigenvalue weighted by atomic mass is 10.2. The van der Waals surface area contributed by atoms with Crippen LogP contribution in [0.4, 0.5) is 5.69 Å². The number of anilines is 1. The Kier molecular flexibility index (Phi) is 3.93. The van der Waals surface area contributed by atoms with E-state index in [0.717, 1.165) is 13.1 Å². The molecule has 2 unspecified atom stereocenters. The van der Waals surface area contributed by atoms with Crippen LogP contribution in [0.25, 0.3) is 0 Å². The summed E-state index contributed by atoms with van der Waals surface area (Å²) in [5.41, 5.74) is 1.23. The first kappa shape index (κ1) is 13.4. The highest BCUT2D eigenvalue weighted by Crippen LogP contribution is 2.23. The molecule has 1 aliphatic heterocycles. The predicted octanol–water partition coefficient (Wildman–Crippen LogP) is 3.05. The SMILES string of the molecule is CC1CN(c2ccccc2)CC(C)OC(C)(C)O1. The molecule has 3 nitrogen and oxygen atoms in total. The van der Waals surface area contributed by atoms with E-state index in [9.17, 15) is 0 Å².